The molecule has 5 nitrogen and oxygen atoms in total. The third-order valence-corrected chi connectivity index (χ3v) is 3.18. The molecule has 0 aromatic heterocycles. The summed E-state index contributed by atoms with van der Waals surface area (Å²) in [6.45, 7) is 1.99. The standard InChI is InChI=1S/C17H18FN3O2/c1-12-9-14(18)7-8-15(12)19-11-16(22)21-17(23)20-10-13-5-3-2-4-6-13/h2-9,19H,10-11H2,1H3,(H2,20,21,22,23). The van der Waals surface area contributed by atoms with Gasteiger partial charge >= 0.3 is 6.03 Å². The third-order valence-electron chi connectivity index (χ3n) is 3.18. The number of carbonyl (C=O) groups is 2. The Morgan fingerprint density at radius 1 is 1.09 bits per heavy atom. The number of urea groups is 1. The molecule has 0 aliphatic carbocycles. The fourth-order valence-electron chi connectivity index (χ4n) is 1.99. The van der Waals surface area contributed by atoms with Crippen LogP contribution in [-0.2, 0) is 11.3 Å². The van der Waals surface area contributed by atoms with E-state index >= 15 is 0 Å². The van der Waals surface area contributed by atoms with E-state index in [1.54, 1.807) is 13.0 Å². The molecular formula is C17H18FN3O2. The first-order valence-corrected chi connectivity index (χ1v) is 7.16. The zero-order valence-corrected chi connectivity index (χ0v) is 12.7. The van der Waals surface area contributed by atoms with Gasteiger partial charge in [-0.2, -0.15) is 0 Å². The second-order valence-corrected chi connectivity index (χ2v) is 5.03. The second-order valence-electron chi connectivity index (χ2n) is 5.03. The lowest BCUT2D eigenvalue weighted by molar-refractivity contribution is -0.118. The second kappa shape index (κ2) is 7.93. The molecule has 0 unspecified atom stereocenters. The van der Waals surface area contributed by atoms with Gasteiger partial charge in [0.2, 0.25) is 5.91 Å². The normalized spacial score (nSPS) is 10.0. The molecule has 3 amide bonds. The van der Waals surface area contributed by atoms with Crippen molar-refractivity contribution in [2.24, 2.45) is 0 Å². The Bertz CT molecular complexity index is 689. The number of amides is 3. The molecule has 120 valence electrons. The molecular weight excluding hydrogens is 297 g/mol. The van der Waals surface area contributed by atoms with Crippen LogP contribution in [0.3, 0.4) is 0 Å². The summed E-state index contributed by atoms with van der Waals surface area (Å²) in [6, 6.07) is 13.0. The van der Waals surface area contributed by atoms with Gasteiger partial charge < -0.3 is 10.6 Å². The number of halogens is 1. The summed E-state index contributed by atoms with van der Waals surface area (Å²) in [5.74, 6) is -0.808. The van der Waals surface area contributed by atoms with Crippen LogP contribution < -0.4 is 16.0 Å². The molecule has 0 aliphatic rings. The van der Waals surface area contributed by atoms with Crippen LogP contribution in [0.5, 0.6) is 0 Å². The van der Waals surface area contributed by atoms with Crippen LogP contribution in [0.4, 0.5) is 14.9 Å². The highest BCUT2D eigenvalue weighted by Gasteiger charge is 2.08. The van der Waals surface area contributed by atoms with Crippen molar-refractivity contribution < 1.29 is 14.0 Å². The first-order chi connectivity index (χ1) is 11.0. The molecule has 0 heterocycles. The summed E-state index contributed by atoms with van der Waals surface area (Å²) in [7, 11) is 0. The molecule has 0 fully saturated rings. The van der Waals surface area contributed by atoms with Crippen molar-refractivity contribution in [3.63, 3.8) is 0 Å². The first-order valence-electron chi connectivity index (χ1n) is 7.16. The Balaban J connectivity index is 1.74. The van der Waals surface area contributed by atoms with E-state index in [1.165, 1.54) is 12.1 Å². The number of aryl methyl sites for hydroxylation is 1. The molecule has 0 bridgehead atoms. The number of benzene rings is 2. The topological polar surface area (TPSA) is 70.2 Å². The first kappa shape index (κ1) is 16.5. The third kappa shape index (κ3) is 5.43. The Labute approximate surface area is 133 Å². The molecule has 2 rings (SSSR count). The highest BCUT2D eigenvalue weighted by Crippen LogP contribution is 2.14. The maximum Gasteiger partial charge on any atom is 0.321 e. The number of anilines is 1. The van der Waals surface area contributed by atoms with Gasteiger partial charge in [-0.15, -0.1) is 0 Å². The van der Waals surface area contributed by atoms with Crippen LogP contribution in [0.2, 0.25) is 0 Å². The van der Waals surface area contributed by atoms with Crippen LogP contribution in [-0.4, -0.2) is 18.5 Å². The number of nitrogens with one attached hydrogen (secondary N) is 3. The maximum atomic E-state index is 13.0. The van der Waals surface area contributed by atoms with Crippen LogP contribution in [0.1, 0.15) is 11.1 Å². The van der Waals surface area contributed by atoms with E-state index in [0.717, 1.165) is 5.56 Å². The van der Waals surface area contributed by atoms with Gasteiger partial charge in [0.05, 0.1) is 6.54 Å². The van der Waals surface area contributed by atoms with E-state index in [0.29, 0.717) is 17.8 Å². The largest absolute Gasteiger partial charge is 0.376 e. The minimum absolute atomic E-state index is 0.0781. The summed E-state index contributed by atoms with van der Waals surface area (Å²) >= 11 is 0. The van der Waals surface area contributed by atoms with Gasteiger partial charge in [0.15, 0.2) is 0 Å². The molecule has 0 atom stereocenters. The molecule has 0 saturated carbocycles. The molecule has 2 aromatic carbocycles. The number of hydrogen-bond donors (Lipinski definition) is 3. The highest BCUT2D eigenvalue weighted by molar-refractivity contribution is 5.96. The van der Waals surface area contributed by atoms with E-state index in [2.05, 4.69) is 16.0 Å². The monoisotopic (exact) mass is 315 g/mol. The van der Waals surface area contributed by atoms with Crippen LogP contribution in [0.25, 0.3) is 0 Å². The summed E-state index contributed by atoms with van der Waals surface area (Å²) in [5.41, 5.74) is 2.27. The minimum Gasteiger partial charge on any atom is -0.376 e. The Kier molecular flexibility index (Phi) is 5.68. The van der Waals surface area contributed by atoms with Gasteiger partial charge in [0, 0.05) is 12.2 Å². The number of imide groups is 1. The Morgan fingerprint density at radius 2 is 1.83 bits per heavy atom. The lowest BCUT2D eigenvalue weighted by Gasteiger charge is -2.10. The van der Waals surface area contributed by atoms with Gasteiger partial charge in [-0.3, -0.25) is 10.1 Å². The summed E-state index contributed by atoms with van der Waals surface area (Å²) in [6.07, 6.45) is 0. The number of carbonyl (C=O) groups excluding carboxylic acids is 2. The molecule has 2 aromatic rings. The van der Waals surface area contributed by atoms with Crippen molar-refractivity contribution in [2.45, 2.75) is 13.5 Å². The summed E-state index contributed by atoms with van der Waals surface area (Å²) < 4.78 is 13.0. The van der Waals surface area contributed by atoms with Crippen LogP contribution in [0, 0.1) is 12.7 Å². The molecule has 0 saturated heterocycles. The van der Waals surface area contributed by atoms with E-state index in [1.807, 2.05) is 30.3 Å². The fraction of sp³-hybridized carbons (Fsp3) is 0.176. The van der Waals surface area contributed by atoms with Gasteiger partial charge in [-0.05, 0) is 36.2 Å². The van der Waals surface area contributed by atoms with Gasteiger partial charge in [0.1, 0.15) is 5.82 Å². The predicted molar refractivity (Wildman–Crippen MR) is 86.4 cm³/mol. The lowest BCUT2D eigenvalue weighted by atomic mass is 10.2. The Hall–Kier alpha value is -2.89. The molecule has 0 aliphatic heterocycles. The van der Waals surface area contributed by atoms with E-state index in [-0.39, 0.29) is 12.4 Å². The maximum absolute atomic E-state index is 13.0. The van der Waals surface area contributed by atoms with Crippen LogP contribution in [0.15, 0.2) is 48.5 Å². The molecule has 6 heteroatoms. The fourth-order valence-corrected chi connectivity index (χ4v) is 1.99. The van der Waals surface area contributed by atoms with Crippen molar-refractivity contribution in [1.29, 1.82) is 0 Å². The van der Waals surface area contributed by atoms with Crippen molar-refractivity contribution in [3.8, 4) is 0 Å². The van der Waals surface area contributed by atoms with Gasteiger partial charge in [-0.1, -0.05) is 30.3 Å². The van der Waals surface area contributed by atoms with Crippen LogP contribution >= 0.6 is 0 Å². The molecule has 23 heavy (non-hydrogen) atoms. The smallest absolute Gasteiger partial charge is 0.321 e. The lowest BCUT2D eigenvalue weighted by Crippen LogP contribution is -2.41. The molecule has 0 spiro atoms. The average molecular weight is 315 g/mol. The van der Waals surface area contributed by atoms with Gasteiger partial charge in [0.25, 0.3) is 0 Å². The number of rotatable bonds is 5. The van der Waals surface area contributed by atoms with E-state index in [4.69, 9.17) is 0 Å². The Morgan fingerprint density at radius 3 is 2.52 bits per heavy atom. The number of hydrogen-bond acceptors (Lipinski definition) is 3. The van der Waals surface area contributed by atoms with Crippen molar-refractivity contribution in [3.05, 3.63) is 65.5 Å². The minimum atomic E-state index is -0.559. The van der Waals surface area contributed by atoms with E-state index < -0.39 is 11.9 Å². The zero-order chi connectivity index (χ0) is 16.7. The highest BCUT2D eigenvalue weighted by atomic mass is 19.1. The summed E-state index contributed by atoms with van der Waals surface area (Å²) in [5, 5.41) is 7.68. The van der Waals surface area contributed by atoms with E-state index in [9.17, 15) is 14.0 Å². The molecule has 0 radical (unpaired) electrons. The SMILES string of the molecule is Cc1cc(F)ccc1NCC(=O)NC(=O)NCc1ccccc1. The quantitative estimate of drug-likeness (QED) is 0.794. The predicted octanol–water partition coefficient (Wildman–Crippen LogP) is 2.57. The van der Waals surface area contributed by atoms with Gasteiger partial charge in [-0.25, -0.2) is 9.18 Å². The molecule has 3 N–H and O–H groups in total. The van der Waals surface area contributed by atoms with Crippen molar-refractivity contribution in [2.75, 3.05) is 11.9 Å². The van der Waals surface area contributed by atoms with Crippen molar-refractivity contribution >= 4 is 17.6 Å². The van der Waals surface area contributed by atoms with Crippen molar-refractivity contribution in [1.82, 2.24) is 10.6 Å². The average Bonchev–Trinajstić information content (AvgIpc) is 2.53. The zero-order valence-electron chi connectivity index (χ0n) is 12.7. The summed E-state index contributed by atoms with van der Waals surface area (Å²) in [4.78, 5) is 23.3.